The van der Waals surface area contributed by atoms with E-state index in [0.717, 1.165) is 27.2 Å². The van der Waals surface area contributed by atoms with Crippen LogP contribution in [0.5, 0.6) is 0 Å². The Morgan fingerprint density at radius 2 is 2.06 bits per heavy atom. The fourth-order valence-electron chi connectivity index (χ4n) is 1.81. The van der Waals surface area contributed by atoms with Crippen LogP contribution in [0.1, 0.15) is 11.4 Å². The van der Waals surface area contributed by atoms with Gasteiger partial charge in [-0.05, 0) is 31.5 Å². The summed E-state index contributed by atoms with van der Waals surface area (Å²) < 4.78 is 1.07. The lowest BCUT2D eigenvalue weighted by atomic mass is 10.1. The van der Waals surface area contributed by atoms with Crippen molar-refractivity contribution >= 4 is 26.7 Å². The fourth-order valence-corrected chi connectivity index (χ4v) is 2.67. The van der Waals surface area contributed by atoms with Crippen molar-refractivity contribution in [3.8, 4) is 11.4 Å². The van der Waals surface area contributed by atoms with Crippen LogP contribution in [0.4, 0.5) is 5.13 Å². The number of benzene rings is 1. The number of anilines is 1. The molecule has 5 nitrogen and oxygen atoms in total. The molecule has 0 amide bonds. The van der Waals surface area contributed by atoms with Crippen molar-refractivity contribution in [3.63, 3.8) is 0 Å². The number of hydrogen-bond donors (Lipinski definition) is 2. The molecule has 1 aromatic carbocycles. The molecule has 0 aliphatic heterocycles. The maximum Gasteiger partial charge on any atom is 0.181 e. The van der Waals surface area contributed by atoms with Gasteiger partial charge in [-0.1, -0.05) is 11.3 Å². The number of aromatic nitrogens is 4. The highest BCUT2D eigenvalue weighted by atomic mass is 32.1. The van der Waals surface area contributed by atoms with Gasteiger partial charge >= 0.3 is 0 Å². The van der Waals surface area contributed by atoms with E-state index in [1.807, 2.05) is 26.0 Å². The highest BCUT2D eigenvalue weighted by Gasteiger charge is 2.10. The number of thiazole rings is 1. The van der Waals surface area contributed by atoms with Crippen molar-refractivity contribution in [2.24, 2.45) is 0 Å². The first kappa shape index (κ1) is 10.2. The summed E-state index contributed by atoms with van der Waals surface area (Å²) in [4.78, 5) is 8.62. The topological polar surface area (TPSA) is 80.5 Å². The SMILES string of the molecule is Cc1nc(-c2cc(C)c3nc(N)sc3c2)n[nH]1. The van der Waals surface area contributed by atoms with Crippen molar-refractivity contribution in [2.75, 3.05) is 5.73 Å². The van der Waals surface area contributed by atoms with Gasteiger partial charge in [0.2, 0.25) is 0 Å². The average Bonchev–Trinajstić information content (AvgIpc) is 2.83. The zero-order chi connectivity index (χ0) is 12.0. The van der Waals surface area contributed by atoms with Gasteiger partial charge in [-0.15, -0.1) is 0 Å². The molecule has 3 aromatic rings. The third-order valence-corrected chi connectivity index (χ3v) is 3.39. The van der Waals surface area contributed by atoms with Gasteiger partial charge in [0.25, 0.3) is 0 Å². The van der Waals surface area contributed by atoms with Gasteiger partial charge in [-0.25, -0.2) is 9.97 Å². The molecule has 86 valence electrons. The van der Waals surface area contributed by atoms with Gasteiger partial charge < -0.3 is 5.73 Å². The summed E-state index contributed by atoms with van der Waals surface area (Å²) in [5, 5.41) is 7.59. The van der Waals surface area contributed by atoms with Crippen molar-refractivity contribution in [1.82, 2.24) is 20.2 Å². The Kier molecular flexibility index (Phi) is 2.12. The number of hydrogen-bond acceptors (Lipinski definition) is 5. The Morgan fingerprint density at radius 3 is 2.76 bits per heavy atom. The molecule has 0 fully saturated rings. The number of rotatable bonds is 1. The van der Waals surface area contributed by atoms with Crippen molar-refractivity contribution in [1.29, 1.82) is 0 Å². The molecule has 0 atom stereocenters. The van der Waals surface area contributed by atoms with Crippen LogP contribution in [0.25, 0.3) is 21.6 Å². The molecule has 2 aromatic heterocycles. The number of nitrogens with two attached hydrogens (primary N) is 1. The summed E-state index contributed by atoms with van der Waals surface area (Å²) >= 11 is 1.48. The Hall–Kier alpha value is -1.95. The van der Waals surface area contributed by atoms with Gasteiger partial charge in [-0.2, -0.15) is 5.10 Å². The number of fused-ring (bicyclic) bond motifs is 1. The fraction of sp³-hybridized carbons (Fsp3) is 0.182. The van der Waals surface area contributed by atoms with Crippen LogP contribution in [0.2, 0.25) is 0 Å². The lowest BCUT2D eigenvalue weighted by molar-refractivity contribution is 1.04. The molecule has 3 rings (SSSR count). The van der Waals surface area contributed by atoms with Gasteiger partial charge in [0.05, 0.1) is 10.2 Å². The largest absolute Gasteiger partial charge is 0.375 e. The first-order valence-electron chi connectivity index (χ1n) is 5.19. The Morgan fingerprint density at radius 1 is 1.24 bits per heavy atom. The molecule has 6 heteroatoms. The maximum atomic E-state index is 5.72. The molecule has 0 saturated heterocycles. The number of nitrogen functional groups attached to an aromatic ring is 1. The molecule has 0 bridgehead atoms. The highest BCUT2D eigenvalue weighted by molar-refractivity contribution is 7.22. The lowest BCUT2D eigenvalue weighted by Gasteiger charge is -1.98. The summed E-state index contributed by atoms with van der Waals surface area (Å²) in [5.41, 5.74) is 8.76. The van der Waals surface area contributed by atoms with E-state index in [-0.39, 0.29) is 0 Å². The van der Waals surface area contributed by atoms with Gasteiger partial charge in [-0.3, -0.25) is 5.10 Å². The second kappa shape index (κ2) is 3.53. The molecular formula is C11H11N5S. The molecular weight excluding hydrogens is 234 g/mol. The quantitative estimate of drug-likeness (QED) is 0.689. The minimum absolute atomic E-state index is 0.589. The molecule has 0 aliphatic rings. The zero-order valence-corrected chi connectivity index (χ0v) is 10.3. The first-order valence-corrected chi connectivity index (χ1v) is 6.01. The summed E-state index contributed by atoms with van der Waals surface area (Å²) in [6.45, 7) is 3.90. The van der Waals surface area contributed by atoms with Gasteiger partial charge in [0.1, 0.15) is 5.82 Å². The Labute approximate surface area is 102 Å². The first-order chi connectivity index (χ1) is 8.13. The summed E-state index contributed by atoms with van der Waals surface area (Å²) in [6, 6.07) is 4.06. The Balaban J connectivity index is 2.24. The normalized spacial score (nSPS) is 11.2. The van der Waals surface area contributed by atoms with Crippen LogP contribution in [0.15, 0.2) is 12.1 Å². The predicted octanol–water partition coefficient (Wildman–Crippen LogP) is 2.28. The van der Waals surface area contributed by atoms with Crippen LogP contribution >= 0.6 is 11.3 Å². The molecule has 0 unspecified atom stereocenters. The highest BCUT2D eigenvalue weighted by Crippen LogP contribution is 2.30. The van der Waals surface area contributed by atoms with E-state index in [0.29, 0.717) is 11.0 Å². The van der Waals surface area contributed by atoms with Crippen LogP contribution < -0.4 is 5.73 Å². The van der Waals surface area contributed by atoms with E-state index in [9.17, 15) is 0 Å². The molecule has 3 N–H and O–H groups in total. The van der Waals surface area contributed by atoms with Gasteiger partial charge in [0, 0.05) is 5.56 Å². The van der Waals surface area contributed by atoms with Crippen molar-refractivity contribution in [3.05, 3.63) is 23.5 Å². The van der Waals surface area contributed by atoms with E-state index in [4.69, 9.17) is 5.73 Å². The molecule has 0 aliphatic carbocycles. The van der Waals surface area contributed by atoms with E-state index in [1.54, 1.807) is 0 Å². The van der Waals surface area contributed by atoms with E-state index in [1.165, 1.54) is 11.3 Å². The second-order valence-corrected chi connectivity index (χ2v) is 5.00. The maximum absolute atomic E-state index is 5.72. The third-order valence-electron chi connectivity index (χ3n) is 2.56. The molecule has 17 heavy (non-hydrogen) atoms. The molecule has 2 heterocycles. The minimum Gasteiger partial charge on any atom is -0.375 e. The third kappa shape index (κ3) is 1.66. The molecule has 0 spiro atoms. The van der Waals surface area contributed by atoms with E-state index >= 15 is 0 Å². The van der Waals surface area contributed by atoms with Crippen LogP contribution in [0.3, 0.4) is 0 Å². The molecule has 0 radical (unpaired) electrons. The van der Waals surface area contributed by atoms with Crippen LogP contribution in [0, 0.1) is 13.8 Å². The van der Waals surface area contributed by atoms with E-state index in [2.05, 4.69) is 20.2 Å². The predicted molar refractivity (Wildman–Crippen MR) is 68.9 cm³/mol. The number of nitrogens with zero attached hydrogens (tertiary/aromatic N) is 3. The average molecular weight is 245 g/mol. The number of nitrogens with one attached hydrogen (secondary N) is 1. The van der Waals surface area contributed by atoms with Crippen molar-refractivity contribution in [2.45, 2.75) is 13.8 Å². The summed E-state index contributed by atoms with van der Waals surface area (Å²) in [5.74, 6) is 1.51. The smallest absolute Gasteiger partial charge is 0.181 e. The summed E-state index contributed by atoms with van der Waals surface area (Å²) in [6.07, 6.45) is 0. The second-order valence-electron chi connectivity index (χ2n) is 3.94. The number of H-pyrrole nitrogens is 1. The molecule has 0 saturated carbocycles. The monoisotopic (exact) mass is 245 g/mol. The van der Waals surface area contributed by atoms with Gasteiger partial charge in [0.15, 0.2) is 11.0 Å². The number of aromatic amines is 1. The summed E-state index contributed by atoms with van der Waals surface area (Å²) in [7, 11) is 0. The van der Waals surface area contributed by atoms with Crippen LogP contribution in [-0.4, -0.2) is 20.2 Å². The number of aryl methyl sites for hydroxylation is 2. The zero-order valence-electron chi connectivity index (χ0n) is 9.48. The minimum atomic E-state index is 0.589. The Bertz CT molecular complexity index is 697. The van der Waals surface area contributed by atoms with Crippen molar-refractivity contribution < 1.29 is 0 Å². The lowest BCUT2D eigenvalue weighted by Crippen LogP contribution is -1.85. The standard InChI is InChI=1S/C11H11N5S/c1-5-3-7(10-13-6(2)15-16-10)4-8-9(5)14-11(12)17-8/h3-4H,1-2H3,(H2,12,14)(H,13,15,16). The van der Waals surface area contributed by atoms with Crippen LogP contribution in [-0.2, 0) is 0 Å². The van der Waals surface area contributed by atoms with E-state index < -0.39 is 0 Å².